The highest BCUT2D eigenvalue weighted by molar-refractivity contribution is 5.75. The van der Waals surface area contributed by atoms with Crippen molar-refractivity contribution in [3.05, 3.63) is 0 Å². The number of carbonyl (C=O) groups excluding carboxylic acids is 1. The van der Waals surface area contributed by atoms with Crippen molar-refractivity contribution in [2.24, 2.45) is 0 Å². The molecule has 0 rings (SSSR count). The molecule has 0 aromatic rings. The van der Waals surface area contributed by atoms with Crippen LogP contribution >= 0.6 is 0 Å². The van der Waals surface area contributed by atoms with Gasteiger partial charge in [-0.1, -0.05) is 6.92 Å². The van der Waals surface area contributed by atoms with E-state index in [2.05, 4.69) is 4.74 Å². The van der Waals surface area contributed by atoms with Gasteiger partial charge in [-0.2, -0.15) is 13.2 Å². The summed E-state index contributed by atoms with van der Waals surface area (Å²) in [7, 11) is 0. The van der Waals surface area contributed by atoms with E-state index in [0.717, 1.165) is 0 Å². The number of halogens is 3. The number of esters is 1. The van der Waals surface area contributed by atoms with Gasteiger partial charge in [-0.3, -0.25) is 0 Å². The van der Waals surface area contributed by atoms with E-state index in [0.29, 0.717) is 0 Å². The van der Waals surface area contributed by atoms with Crippen molar-refractivity contribution in [2.45, 2.75) is 25.8 Å². The molecule has 0 aliphatic rings. The molecular weight excluding hydrogens is 165 g/mol. The molecule has 1 unspecified atom stereocenters. The van der Waals surface area contributed by atoms with Crippen molar-refractivity contribution in [3.63, 3.8) is 0 Å². The van der Waals surface area contributed by atoms with E-state index < -0.39 is 18.4 Å². The summed E-state index contributed by atoms with van der Waals surface area (Å²) < 4.78 is 37.6. The van der Waals surface area contributed by atoms with E-state index in [-0.39, 0.29) is 6.42 Å². The number of alkyl halides is 3. The van der Waals surface area contributed by atoms with Crippen LogP contribution in [0.2, 0.25) is 0 Å². The van der Waals surface area contributed by atoms with E-state index in [4.69, 9.17) is 5.11 Å². The number of carbonyl (C=O) groups is 1. The van der Waals surface area contributed by atoms with Crippen LogP contribution in [0.1, 0.15) is 13.3 Å². The Morgan fingerprint density at radius 3 is 2.36 bits per heavy atom. The van der Waals surface area contributed by atoms with Gasteiger partial charge >= 0.3 is 12.1 Å². The summed E-state index contributed by atoms with van der Waals surface area (Å²) in [5.74, 6) is -2.37. The first kappa shape index (κ1) is 10.2. The van der Waals surface area contributed by atoms with E-state index in [1.54, 1.807) is 0 Å². The minimum absolute atomic E-state index is 0.0676. The smallest absolute Gasteiger partial charge is 0.429 e. The highest BCUT2D eigenvalue weighted by Gasteiger charge is 2.41. The maximum Gasteiger partial charge on any atom is 0.491 e. The lowest BCUT2D eigenvalue weighted by Crippen LogP contribution is -2.29. The Balaban J connectivity index is 3.88. The maximum absolute atomic E-state index is 11.4. The fraction of sp³-hybridized carbons (Fsp3) is 0.800. The van der Waals surface area contributed by atoms with Crippen LogP contribution in [0.25, 0.3) is 0 Å². The summed E-state index contributed by atoms with van der Waals surface area (Å²) in [6, 6.07) is 0. The molecule has 0 fully saturated rings. The summed E-state index contributed by atoms with van der Waals surface area (Å²) in [6.45, 7) is 1.38. The zero-order valence-corrected chi connectivity index (χ0v) is 5.68. The Hall–Kier alpha value is -0.780. The Morgan fingerprint density at radius 1 is 1.64 bits per heavy atom. The van der Waals surface area contributed by atoms with Crippen molar-refractivity contribution >= 4 is 5.97 Å². The average Bonchev–Trinajstić information content (AvgIpc) is 1.85. The van der Waals surface area contributed by atoms with Crippen LogP contribution in [0, 0.1) is 0 Å². The van der Waals surface area contributed by atoms with Crippen LogP contribution < -0.4 is 0 Å². The summed E-state index contributed by atoms with van der Waals surface area (Å²) in [5.41, 5.74) is 0. The van der Waals surface area contributed by atoms with E-state index in [1.165, 1.54) is 6.92 Å². The van der Waals surface area contributed by atoms with Crippen molar-refractivity contribution in [1.82, 2.24) is 0 Å². The number of aliphatic hydroxyl groups excluding tert-OH is 1. The van der Waals surface area contributed by atoms with E-state index in [9.17, 15) is 18.0 Å². The van der Waals surface area contributed by atoms with Crippen LogP contribution in [-0.4, -0.2) is 23.5 Å². The lowest BCUT2D eigenvalue weighted by molar-refractivity contribution is -0.219. The van der Waals surface area contributed by atoms with Gasteiger partial charge in [-0.05, 0) is 0 Å². The van der Waals surface area contributed by atoms with Crippen LogP contribution in [0.5, 0.6) is 0 Å². The predicted molar refractivity (Wildman–Crippen MR) is 28.4 cm³/mol. The fourth-order valence-corrected chi connectivity index (χ4v) is 0.274. The Labute approximate surface area is 60.8 Å². The van der Waals surface area contributed by atoms with Crippen molar-refractivity contribution in [1.29, 1.82) is 0 Å². The standard InChI is InChI=1S/C5H7F3O3/c1-2-3(9)11-4(10)5(6,7)8/h3,9H,2H2,1H3. The Morgan fingerprint density at radius 2 is 2.09 bits per heavy atom. The monoisotopic (exact) mass is 172 g/mol. The molecule has 0 saturated heterocycles. The molecule has 0 radical (unpaired) electrons. The lowest BCUT2D eigenvalue weighted by atomic mass is 10.5. The molecule has 0 aliphatic heterocycles. The maximum atomic E-state index is 11.4. The van der Waals surface area contributed by atoms with Gasteiger partial charge in [0.25, 0.3) is 0 Å². The van der Waals surface area contributed by atoms with Gasteiger partial charge in [0, 0.05) is 6.42 Å². The number of rotatable bonds is 2. The first-order chi connectivity index (χ1) is 4.88. The van der Waals surface area contributed by atoms with Crippen LogP contribution in [0.4, 0.5) is 13.2 Å². The second-order valence-corrected chi connectivity index (χ2v) is 1.77. The second kappa shape index (κ2) is 3.56. The molecule has 0 aromatic carbocycles. The van der Waals surface area contributed by atoms with E-state index in [1.807, 2.05) is 0 Å². The quantitative estimate of drug-likeness (QED) is 0.495. The minimum atomic E-state index is -5.03. The number of hydrogen-bond acceptors (Lipinski definition) is 3. The molecule has 66 valence electrons. The van der Waals surface area contributed by atoms with E-state index >= 15 is 0 Å². The Bertz CT molecular complexity index is 142. The van der Waals surface area contributed by atoms with Gasteiger partial charge in [0.1, 0.15) is 0 Å². The highest BCUT2D eigenvalue weighted by atomic mass is 19.4. The molecule has 0 amide bonds. The molecule has 0 aliphatic carbocycles. The average molecular weight is 172 g/mol. The third-order valence-corrected chi connectivity index (χ3v) is 0.824. The Kier molecular flexibility index (Phi) is 3.31. The van der Waals surface area contributed by atoms with Crippen LogP contribution in [0.3, 0.4) is 0 Å². The molecule has 0 bridgehead atoms. The molecule has 11 heavy (non-hydrogen) atoms. The van der Waals surface area contributed by atoms with Crippen LogP contribution in [0.15, 0.2) is 0 Å². The molecule has 3 nitrogen and oxygen atoms in total. The van der Waals surface area contributed by atoms with Gasteiger partial charge in [0.05, 0.1) is 0 Å². The summed E-state index contributed by atoms with van der Waals surface area (Å²) in [6.07, 6.45) is -6.78. The number of aliphatic hydroxyl groups is 1. The summed E-state index contributed by atoms with van der Waals surface area (Å²) >= 11 is 0. The third-order valence-electron chi connectivity index (χ3n) is 0.824. The minimum Gasteiger partial charge on any atom is -0.429 e. The van der Waals surface area contributed by atoms with Gasteiger partial charge in [-0.15, -0.1) is 0 Å². The van der Waals surface area contributed by atoms with Gasteiger partial charge in [0.2, 0.25) is 6.29 Å². The molecule has 1 atom stereocenters. The van der Waals surface area contributed by atoms with Crippen molar-refractivity contribution in [2.75, 3.05) is 0 Å². The highest BCUT2D eigenvalue weighted by Crippen LogP contribution is 2.17. The lowest BCUT2D eigenvalue weighted by Gasteiger charge is -2.10. The second-order valence-electron chi connectivity index (χ2n) is 1.77. The molecular formula is C5H7F3O3. The predicted octanol–water partition coefficient (Wildman–Crippen LogP) is 0.820. The SMILES string of the molecule is CCC(O)OC(=O)C(F)(F)F. The normalized spacial score (nSPS) is 14.3. The zero-order chi connectivity index (χ0) is 9.07. The van der Waals surface area contributed by atoms with Crippen molar-refractivity contribution < 1.29 is 27.8 Å². The molecule has 0 heterocycles. The van der Waals surface area contributed by atoms with Gasteiger partial charge < -0.3 is 9.84 Å². The molecule has 0 aromatic heterocycles. The van der Waals surface area contributed by atoms with Gasteiger partial charge in [-0.25, -0.2) is 4.79 Å². The molecule has 1 N–H and O–H groups in total. The fourth-order valence-electron chi connectivity index (χ4n) is 0.274. The molecule has 0 spiro atoms. The largest absolute Gasteiger partial charge is 0.491 e. The third kappa shape index (κ3) is 3.82. The van der Waals surface area contributed by atoms with Crippen LogP contribution in [-0.2, 0) is 9.53 Å². The van der Waals surface area contributed by atoms with Gasteiger partial charge in [0.15, 0.2) is 0 Å². The first-order valence-corrected chi connectivity index (χ1v) is 2.83. The first-order valence-electron chi connectivity index (χ1n) is 2.83. The molecule has 6 heteroatoms. The zero-order valence-electron chi connectivity index (χ0n) is 5.68. The summed E-state index contributed by atoms with van der Waals surface area (Å²) in [5, 5.41) is 8.45. The number of ether oxygens (including phenoxy) is 1. The van der Waals surface area contributed by atoms with Crippen molar-refractivity contribution in [3.8, 4) is 0 Å². The molecule has 0 saturated carbocycles. The number of hydrogen-bond donors (Lipinski definition) is 1. The topological polar surface area (TPSA) is 46.5 Å². The summed E-state index contributed by atoms with van der Waals surface area (Å²) in [4.78, 5) is 9.93.